The van der Waals surface area contributed by atoms with Gasteiger partial charge in [0.2, 0.25) is 5.91 Å². The van der Waals surface area contributed by atoms with Crippen molar-refractivity contribution < 1.29 is 19.4 Å². The minimum absolute atomic E-state index is 0.0224. The molecule has 2 aromatic carbocycles. The first-order valence-electron chi connectivity index (χ1n) is 9.75. The van der Waals surface area contributed by atoms with Crippen molar-refractivity contribution in [1.29, 1.82) is 0 Å². The minimum atomic E-state index is -0.894. The highest BCUT2D eigenvalue weighted by Crippen LogP contribution is 2.40. The van der Waals surface area contributed by atoms with Gasteiger partial charge in [0.1, 0.15) is 12.4 Å². The van der Waals surface area contributed by atoms with Crippen molar-refractivity contribution in [3.63, 3.8) is 0 Å². The zero-order valence-electron chi connectivity index (χ0n) is 17.7. The number of carbonyl (C=O) groups is 2. The van der Waals surface area contributed by atoms with E-state index in [1.165, 1.54) is 28.4 Å². The van der Waals surface area contributed by atoms with E-state index < -0.39 is 5.97 Å². The number of amides is 1. The highest BCUT2D eigenvalue weighted by molar-refractivity contribution is 8.16. The lowest BCUT2D eigenvalue weighted by Crippen LogP contribution is -2.23. The molecule has 1 atom stereocenters. The normalized spacial score (nSPS) is 11.8. The van der Waals surface area contributed by atoms with Crippen molar-refractivity contribution in [2.45, 2.75) is 11.2 Å². The van der Waals surface area contributed by atoms with Crippen LogP contribution >= 0.6 is 35.1 Å². The highest BCUT2D eigenvalue weighted by atomic mass is 35.5. The monoisotopic (exact) mass is 490 g/mol. The average molecular weight is 491 g/mol. The van der Waals surface area contributed by atoms with Crippen LogP contribution in [0.5, 0.6) is 5.75 Å². The Labute approximate surface area is 200 Å². The molecule has 0 saturated heterocycles. The van der Waals surface area contributed by atoms with Gasteiger partial charge in [-0.05, 0) is 35.9 Å². The number of carbonyl (C=O) groups excluding carboxylic acids is 1. The fourth-order valence-electron chi connectivity index (χ4n) is 2.78. The number of hydrogen-bond acceptors (Lipinski definition) is 6. The van der Waals surface area contributed by atoms with Crippen LogP contribution in [0.1, 0.15) is 15.8 Å². The molecule has 0 aliphatic heterocycles. The predicted octanol–water partition coefficient (Wildman–Crippen LogP) is 5.11. The Morgan fingerprint density at radius 2 is 1.84 bits per heavy atom. The molecule has 0 saturated carbocycles. The van der Waals surface area contributed by atoms with Crippen LogP contribution in [0.3, 0.4) is 0 Å². The highest BCUT2D eigenvalue weighted by Gasteiger charge is 2.18. The van der Waals surface area contributed by atoms with E-state index in [2.05, 4.69) is 4.98 Å². The Morgan fingerprint density at radius 1 is 1.09 bits per heavy atom. The number of carboxylic acid groups (broad SMARTS) is 1. The summed E-state index contributed by atoms with van der Waals surface area (Å²) in [6.45, 7) is 0.283. The molecule has 3 rings (SSSR count). The molecular weight excluding hydrogens is 468 g/mol. The Kier molecular flexibility index (Phi) is 8.67. The van der Waals surface area contributed by atoms with E-state index in [0.29, 0.717) is 10.8 Å². The van der Waals surface area contributed by atoms with E-state index in [9.17, 15) is 9.59 Å². The summed E-state index contributed by atoms with van der Waals surface area (Å²) in [7, 11) is 3.40. The largest absolute Gasteiger partial charge is 0.487 e. The van der Waals surface area contributed by atoms with Gasteiger partial charge in [0.05, 0.1) is 27.3 Å². The van der Waals surface area contributed by atoms with Crippen molar-refractivity contribution in [3.05, 3.63) is 70.9 Å². The molecule has 32 heavy (non-hydrogen) atoms. The molecule has 0 aliphatic carbocycles. The van der Waals surface area contributed by atoms with Gasteiger partial charge >= 0.3 is 5.97 Å². The van der Waals surface area contributed by atoms with Gasteiger partial charge in [-0.3, -0.25) is 9.59 Å². The van der Waals surface area contributed by atoms with Crippen LogP contribution in [0.4, 0.5) is 0 Å². The van der Waals surface area contributed by atoms with Crippen LogP contribution in [0, 0.1) is 0 Å². The average Bonchev–Trinajstić information content (AvgIpc) is 2.77. The molecule has 0 fully saturated rings. The van der Waals surface area contributed by atoms with Crippen molar-refractivity contribution in [3.8, 4) is 5.75 Å². The second-order valence-corrected chi connectivity index (χ2v) is 10.1. The first-order chi connectivity index (χ1) is 15.3. The van der Waals surface area contributed by atoms with Crippen LogP contribution in [0.2, 0.25) is 5.02 Å². The molecule has 1 heterocycles. The van der Waals surface area contributed by atoms with Crippen LogP contribution in [-0.2, 0) is 16.2 Å². The van der Waals surface area contributed by atoms with Gasteiger partial charge in [-0.2, -0.15) is 0 Å². The van der Waals surface area contributed by atoms with Crippen molar-refractivity contribution in [1.82, 2.24) is 9.88 Å². The number of nitrogens with zero attached hydrogens (tertiary/aromatic N) is 2. The number of carboxylic acids is 1. The summed E-state index contributed by atoms with van der Waals surface area (Å²) in [5.74, 6) is -0.0577. The molecule has 6 nitrogen and oxygen atoms in total. The molecule has 0 radical (unpaired) electrons. The Morgan fingerprint density at radius 3 is 2.59 bits per heavy atom. The summed E-state index contributed by atoms with van der Waals surface area (Å²) in [5, 5.41) is 10.7. The third-order valence-electron chi connectivity index (χ3n) is 4.44. The number of pyridine rings is 1. The first kappa shape index (κ1) is 24.2. The van der Waals surface area contributed by atoms with Crippen molar-refractivity contribution in [2.24, 2.45) is 0 Å². The minimum Gasteiger partial charge on any atom is -0.487 e. The molecule has 0 aliphatic rings. The van der Waals surface area contributed by atoms with Gasteiger partial charge in [-0.15, -0.1) is 23.5 Å². The molecule has 0 spiro atoms. The molecule has 168 valence electrons. The number of thioether (sulfide) groups is 2. The number of benzene rings is 2. The van der Waals surface area contributed by atoms with Gasteiger partial charge in [-0.25, -0.2) is 4.98 Å². The molecule has 3 aromatic rings. The van der Waals surface area contributed by atoms with Gasteiger partial charge in [-0.1, -0.05) is 35.9 Å². The fraction of sp³-hybridized carbons (Fsp3) is 0.261. The Hall–Kier alpha value is -2.42. The quantitative estimate of drug-likeness (QED) is 0.396. The predicted molar refractivity (Wildman–Crippen MR) is 132 cm³/mol. The lowest BCUT2D eigenvalue weighted by atomic mass is 10.2. The third kappa shape index (κ3) is 7.05. The second kappa shape index (κ2) is 11.4. The number of halogens is 1. The summed E-state index contributed by atoms with van der Waals surface area (Å²) in [6, 6.07) is 17.0. The smallest absolute Gasteiger partial charge is 0.313 e. The second-order valence-electron chi connectivity index (χ2n) is 7.14. The van der Waals surface area contributed by atoms with E-state index in [-0.39, 0.29) is 28.6 Å². The number of aliphatic carboxylic acids is 1. The number of hydrogen-bond donors (Lipinski definition) is 1. The van der Waals surface area contributed by atoms with Crippen LogP contribution in [-0.4, -0.2) is 52.5 Å². The Balaban J connectivity index is 1.71. The number of rotatable bonds is 10. The summed E-state index contributed by atoms with van der Waals surface area (Å²) >= 11 is 8.74. The standard InChI is InChI=1S/C23H23ClN2O4S2/c1-26(2)21(27)13-31-23(32-14-22(28)29)16-4-3-5-19(10-16)30-12-18-9-7-15-6-8-17(24)11-20(15)25-18/h3-11,23H,12-14H2,1-2H3,(H,28,29). The SMILES string of the molecule is CN(C)C(=O)CSC(SCC(=O)O)c1cccc(OCc2ccc3ccc(Cl)cc3n2)c1. The first-order valence-corrected chi connectivity index (χ1v) is 12.2. The molecule has 1 amide bonds. The lowest BCUT2D eigenvalue weighted by molar-refractivity contribution is -0.134. The molecule has 1 unspecified atom stereocenters. The van der Waals surface area contributed by atoms with Crippen molar-refractivity contribution >= 4 is 57.9 Å². The molecular formula is C23H23ClN2O4S2. The summed E-state index contributed by atoms with van der Waals surface area (Å²) < 4.78 is 5.74. The van der Waals surface area contributed by atoms with Crippen LogP contribution in [0.15, 0.2) is 54.6 Å². The van der Waals surface area contributed by atoms with E-state index in [1.807, 2.05) is 54.6 Å². The maximum absolute atomic E-state index is 12.0. The maximum atomic E-state index is 12.0. The topological polar surface area (TPSA) is 79.7 Å². The van der Waals surface area contributed by atoms with Gasteiger partial charge in [0, 0.05) is 24.5 Å². The molecule has 0 bridgehead atoms. The van der Waals surface area contributed by atoms with Crippen LogP contribution < -0.4 is 4.74 Å². The summed E-state index contributed by atoms with van der Waals surface area (Å²) in [5.41, 5.74) is 2.47. The van der Waals surface area contributed by atoms with E-state index in [4.69, 9.17) is 21.4 Å². The maximum Gasteiger partial charge on any atom is 0.313 e. The van der Waals surface area contributed by atoms with Crippen LogP contribution in [0.25, 0.3) is 10.9 Å². The van der Waals surface area contributed by atoms with E-state index in [0.717, 1.165) is 22.2 Å². The number of ether oxygens (including phenoxy) is 1. The zero-order chi connectivity index (χ0) is 23.1. The van der Waals surface area contributed by atoms with E-state index >= 15 is 0 Å². The lowest BCUT2D eigenvalue weighted by Gasteiger charge is -2.18. The molecule has 1 N–H and O–H groups in total. The number of aromatic nitrogens is 1. The van der Waals surface area contributed by atoms with Gasteiger partial charge < -0.3 is 14.7 Å². The summed E-state index contributed by atoms with van der Waals surface area (Å²) in [6.07, 6.45) is 0. The fourth-order valence-corrected chi connectivity index (χ4v) is 5.27. The van der Waals surface area contributed by atoms with Gasteiger partial charge in [0.25, 0.3) is 0 Å². The summed E-state index contributed by atoms with van der Waals surface area (Å²) in [4.78, 5) is 29.2. The third-order valence-corrected chi connectivity index (χ3v) is 7.47. The molecule has 9 heteroatoms. The molecule has 1 aromatic heterocycles. The van der Waals surface area contributed by atoms with Gasteiger partial charge in [0.15, 0.2) is 0 Å². The number of fused-ring (bicyclic) bond motifs is 1. The zero-order valence-corrected chi connectivity index (χ0v) is 20.0. The Bertz CT molecular complexity index is 1110. The van der Waals surface area contributed by atoms with Crippen molar-refractivity contribution in [2.75, 3.05) is 25.6 Å². The van der Waals surface area contributed by atoms with E-state index in [1.54, 1.807) is 14.1 Å².